The highest BCUT2D eigenvalue weighted by Gasteiger charge is 2.02. The molecule has 0 aliphatic carbocycles. The Hall–Kier alpha value is -0.360. The van der Waals surface area contributed by atoms with Crippen molar-refractivity contribution < 1.29 is 0 Å². The summed E-state index contributed by atoms with van der Waals surface area (Å²) in [7, 11) is 0. The number of aromatic amines is 1. The highest BCUT2D eigenvalue weighted by atomic mass is 79.9. The van der Waals surface area contributed by atoms with Crippen molar-refractivity contribution >= 4 is 37.7 Å². The molecule has 0 saturated carbocycles. The number of nitrogens with zero attached hydrogens (tertiary/aromatic N) is 1. The molecule has 0 radical (unpaired) electrons. The molecule has 54 valence electrons. The Kier molecular flexibility index (Phi) is 2.10. The fourth-order valence-electron chi connectivity index (χ4n) is 0.448. The number of nitrogens with two attached hydrogens (primary N) is 1. The zero-order valence-corrected chi connectivity index (χ0v) is 7.86. The number of hydrogen-bond acceptors (Lipinski definition) is 3. The van der Waals surface area contributed by atoms with Crippen LogP contribution in [0.5, 0.6) is 0 Å². The van der Waals surface area contributed by atoms with Gasteiger partial charge in [-0.25, -0.2) is 4.79 Å². The Morgan fingerprint density at radius 3 is 2.60 bits per heavy atom. The molecule has 1 aromatic rings. The predicted octanol–water partition coefficient (Wildman–Crippen LogP) is 0.877. The van der Waals surface area contributed by atoms with Crippen molar-refractivity contribution in [2.75, 3.05) is 5.73 Å². The minimum Gasteiger partial charge on any atom is -0.383 e. The van der Waals surface area contributed by atoms with Crippen molar-refractivity contribution in [3.8, 4) is 0 Å². The second-order valence-electron chi connectivity index (χ2n) is 1.56. The molecule has 0 aromatic carbocycles. The molecule has 0 bridgehead atoms. The van der Waals surface area contributed by atoms with E-state index in [-0.39, 0.29) is 5.82 Å². The fourth-order valence-corrected chi connectivity index (χ4v) is 1.01. The van der Waals surface area contributed by atoms with E-state index in [1.807, 2.05) is 0 Å². The molecule has 0 fully saturated rings. The zero-order chi connectivity index (χ0) is 7.72. The first-order chi connectivity index (χ1) is 4.61. The number of rotatable bonds is 0. The van der Waals surface area contributed by atoms with E-state index in [2.05, 4.69) is 41.8 Å². The van der Waals surface area contributed by atoms with Crippen LogP contribution in [0.4, 0.5) is 5.82 Å². The van der Waals surface area contributed by atoms with Crippen molar-refractivity contribution in [1.82, 2.24) is 9.97 Å². The Bertz CT molecular complexity index is 282. The van der Waals surface area contributed by atoms with E-state index in [1.165, 1.54) is 0 Å². The molecule has 0 aliphatic rings. The van der Waals surface area contributed by atoms with Gasteiger partial charge in [-0.3, -0.25) is 4.98 Å². The van der Waals surface area contributed by atoms with Gasteiger partial charge in [-0.1, -0.05) is 0 Å². The second kappa shape index (κ2) is 2.71. The van der Waals surface area contributed by atoms with E-state index in [9.17, 15) is 4.79 Å². The first-order valence-corrected chi connectivity index (χ1v) is 3.90. The molecule has 1 aromatic heterocycles. The van der Waals surface area contributed by atoms with Crippen molar-refractivity contribution in [3.63, 3.8) is 0 Å². The van der Waals surface area contributed by atoms with Crippen LogP contribution >= 0.6 is 31.9 Å². The summed E-state index contributed by atoms with van der Waals surface area (Å²) in [6.07, 6.45) is 0. The maximum absolute atomic E-state index is 10.6. The fraction of sp³-hybridized carbons (Fsp3) is 0. The van der Waals surface area contributed by atoms with Gasteiger partial charge in [0.15, 0.2) is 0 Å². The molecular formula is C4H3Br2N3O. The first-order valence-electron chi connectivity index (χ1n) is 2.32. The van der Waals surface area contributed by atoms with Crippen LogP contribution in [0, 0.1) is 0 Å². The van der Waals surface area contributed by atoms with Crippen molar-refractivity contribution in [3.05, 3.63) is 19.6 Å². The third-order valence-corrected chi connectivity index (χ3v) is 2.79. The van der Waals surface area contributed by atoms with Crippen LogP contribution in [0.15, 0.2) is 13.9 Å². The largest absolute Gasteiger partial charge is 0.383 e. The molecule has 0 amide bonds. The number of nitrogens with one attached hydrogen (secondary N) is 1. The summed E-state index contributed by atoms with van der Waals surface area (Å²) in [5.74, 6) is 0.177. The van der Waals surface area contributed by atoms with Gasteiger partial charge in [0.05, 0.1) is 4.47 Å². The van der Waals surface area contributed by atoms with Gasteiger partial charge in [0, 0.05) is 0 Å². The highest BCUT2D eigenvalue weighted by Crippen LogP contribution is 2.22. The molecule has 6 heteroatoms. The SMILES string of the molecule is Nc1nc(=O)[nH]c(Br)c1Br. The molecule has 0 unspecified atom stereocenters. The molecule has 0 spiro atoms. The lowest BCUT2D eigenvalue weighted by atomic mass is 10.6. The van der Waals surface area contributed by atoms with E-state index in [0.29, 0.717) is 9.08 Å². The number of halogens is 2. The summed E-state index contributed by atoms with van der Waals surface area (Å²) in [6, 6.07) is 0. The Balaban J connectivity index is 3.46. The monoisotopic (exact) mass is 267 g/mol. The third kappa shape index (κ3) is 1.38. The molecule has 10 heavy (non-hydrogen) atoms. The molecule has 3 N–H and O–H groups in total. The highest BCUT2D eigenvalue weighted by molar-refractivity contribution is 9.13. The normalized spacial score (nSPS) is 9.80. The van der Waals surface area contributed by atoms with Gasteiger partial charge in [-0.15, -0.1) is 0 Å². The Labute approximate surface area is 73.1 Å². The Morgan fingerprint density at radius 2 is 2.10 bits per heavy atom. The van der Waals surface area contributed by atoms with Gasteiger partial charge < -0.3 is 5.73 Å². The van der Waals surface area contributed by atoms with Crippen LogP contribution in [0.1, 0.15) is 0 Å². The van der Waals surface area contributed by atoms with Crippen LogP contribution in [-0.4, -0.2) is 9.97 Å². The van der Waals surface area contributed by atoms with E-state index >= 15 is 0 Å². The second-order valence-corrected chi connectivity index (χ2v) is 3.14. The Morgan fingerprint density at radius 1 is 1.50 bits per heavy atom. The molecule has 4 nitrogen and oxygen atoms in total. The minimum absolute atomic E-state index is 0.177. The summed E-state index contributed by atoms with van der Waals surface area (Å²) in [5, 5.41) is 0. The molecule has 0 aliphatic heterocycles. The van der Waals surface area contributed by atoms with E-state index in [1.54, 1.807) is 0 Å². The van der Waals surface area contributed by atoms with Gasteiger partial charge >= 0.3 is 5.69 Å². The van der Waals surface area contributed by atoms with Crippen molar-refractivity contribution in [1.29, 1.82) is 0 Å². The van der Waals surface area contributed by atoms with Crippen LogP contribution in [-0.2, 0) is 0 Å². The zero-order valence-electron chi connectivity index (χ0n) is 4.69. The van der Waals surface area contributed by atoms with Gasteiger partial charge in [0.2, 0.25) is 0 Å². The molecule has 1 rings (SSSR count). The summed E-state index contributed by atoms with van der Waals surface area (Å²) in [6.45, 7) is 0. The lowest BCUT2D eigenvalue weighted by Crippen LogP contribution is -2.13. The van der Waals surface area contributed by atoms with Gasteiger partial charge in [-0.05, 0) is 31.9 Å². The van der Waals surface area contributed by atoms with Gasteiger partial charge in [0.25, 0.3) is 0 Å². The lowest BCUT2D eigenvalue weighted by molar-refractivity contribution is 1.05. The smallest absolute Gasteiger partial charge is 0.347 e. The van der Waals surface area contributed by atoms with Crippen molar-refractivity contribution in [2.24, 2.45) is 0 Å². The van der Waals surface area contributed by atoms with Crippen LogP contribution in [0.3, 0.4) is 0 Å². The number of hydrogen-bond donors (Lipinski definition) is 2. The third-order valence-electron chi connectivity index (χ3n) is 0.856. The summed E-state index contributed by atoms with van der Waals surface area (Å²) in [5.41, 5.74) is 4.85. The standard InChI is InChI=1S/C4H3Br2N3O/c5-1-2(6)8-4(10)9-3(1)7/h(H3,7,8,9,10). The summed E-state index contributed by atoms with van der Waals surface area (Å²) in [4.78, 5) is 16.4. The number of anilines is 1. The molecule has 0 atom stereocenters. The summed E-state index contributed by atoms with van der Waals surface area (Å²) >= 11 is 6.18. The van der Waals surface area contributed by atoms with Crippen molar-refractivity contribution in [2.45, 2.75) is 0 Å². The minimum atomic E-state index is -0.465. The quantitative estimate of drug-likeness (QED) is 0.686. The van der Waals surface area contributed by atoms with Crippen LogP contribution in [0.25, 0.3) is 0 Å². The van der Waals surface area contributed by atoms with E-state index in [4.69, 9.17) is 5.73 Å². The van der Waals surface area contributed by atoms with Crippen LogP contribution < -0.4 is 11.4 Å². The lowest BCUT2D eigenvalue weighted by Gasteiger charge is -1.96. The first kappa shape index (κ1) is 7.74. The number of H-pyrrole nitrogens is 1. The maximum atomic E-state index is 10.6. The van der Waals surface area contributed by atoms with Gasteiger partial charge in [-0.2, -0.15) is 4.98 Å². The predicted molar refractivity (Wildman–Crippen MR) is 44.7 cm³/mol. The summed E-state index contributed by atoms with van der Waals surface area (Å²) < 4.78 is 1.07. The van der Waals surface area contributed by atoms with Crippen LogP contribution in [0.2, 0.25) is 0 Å². The molecule has 1 heterocycles. The number of nitrogen functional groups attached to an aromatic ring is 1. The van der Waals surface area contributed by atoms with E-state index in [0.717, 1.165) is 0 Å². The topological polar surface area (TPSA) is 71.8 Å². The average Bonchev–Trinajstić information content (AvgIpc) is 1.82. The molecule has 0 saturated heterocycles. The average molecular weight is 269 g/mol. The maximum Gasteiger partial charge on any atom is 0.347 e. The molecular weight excluding hydrogens is 266 g/mol. The van der Waals surface area contributed by atoms with Gasteiger partial charge in [0.1, 0.15) is 10.4 Å². The van der Waals surface area contributed by atoms with E-state index < -0.39 is 5.69 Å². The number of aromatic nitrogens is 2.